The second-order valence-electron chi connectivity index (χ2n) is 6.14. The van der Waals surface area contributed by atoms with Gasteiger partial charge in [0.2, 0.25) is 15.9 Å². The molecule has 0 aromatic heterocycles. The van der Waals surface area contributed by atoms with Crippen molar-refractivity contribution in [3.63, 3.8) is 0 Å². The Morgan fingerprint density at radius 2 is 1.75 bits per heavy atom. The van der Waals surface area contributed by atoms with E-state index in [-0.39, 0.29) is 22.3 Å². The number of hydrogen-bond donors (Lipinski definition) is 2. The molecule has 0 heterocycles. The summed E-state index contributed by atoms with van der Waals surface area (Å²) in [6, 6.07) is 6.01. The third kappa shape index (κ3) is 5.30. The molecule has 1 aromatic rings. The Morgan fingerprint density at radius 1 is 1.25 bits per heavy atom. The molecule has 0 saturated heterocycles. The lowest BCUT2D eigenvalue weighted by atomic mass is 9.91. The van der Waals surface area contributed by atoms with Crippen LogP contribution in [0.5, 0.6) is 0 Å². The van der Waals surface area contributed by atoms with E-state index < -0.39 is 10.0 Å². The van der Waals surface area contributed by atoms with Crippen LogP contribution in [0.4, 0.5) is 0 Å². The van der Waals surface area contributed by atoms with Gasteiger partial charge in [0, 0.05) is 6.42 Å². The molecule has 20 heavy (non-hydrogen) atoms. The highest BCUT2D eigenvalue weighted by molar-refractivity contribution is 7.89. The summed E-state index contributed by atoms with van der Waals surface area (Å²) in [5.41, 5.74) is 0.765. The van der Waals surface area contributed by atoms with Gasteiger partial charge in [0.1, 0.15) is 0 Å². The Kier molecular flexibility index (Phi) is 4.94. The molecule has 3 N–H and O–H groups in total. The van der Waals surface area contributed by atoms with E-state index in [1.807, 2.05) is 27.7 Å². The van der Waals surface area contributed by atoms with Crippen molar-refractivity contribution in [2.75, 3.05) is 0 Å². The number of carbonyl (C=O) groups excluding carboxylic acids is 1. The van der Waals surface area contributed by atoms with Gasteiger partial charge >= 0.3 is 0 Å². The third-order valence-corrected chi connectivity index (χ3v) is 3.71. The molecule has 5 nitrogen and oxygen atoms in total. The van der Waals surface area contributed by atoms with E-state index in [1.165, 1.54) is 12.1 Å². The number of sulfonamides is 1. The molecule has 1 rings (SSSR count). The largest absolute Gasteiger partial charge is 0.350 e. The SMILES string of the molecule is C[C@H](NC(=O)CC(C)(C)C)c1ccc(S(N)(=O)=O)cc1. The third-order valence-electron chi connectivity index (χ3n) is 2.78. The first-order valence-electron chi connectivity index (χ1n) is 6.41. The zero-order valence-electron chi connectivity index (χ0n) is 12.3. The molecule has 0 fully saturated rings. The van der Waals surface area contributed by atoms with Crippen LogP contribution in [0.3, 0.4) is 0 Å². The number of hydrogen-bond acceptors (Lipinski definition) is 3. The normalized spacial score (nSPS) is 13.8. The van der Waals surface area contributed by atoms with Gasteiger partial charge in [-0.05, 0) is 30.0 Å². The average Bonchev–Trinajstić information content (AvgIpc) is 2.25. The summed E-state index contributed by atoms with van der Waals surface area (Å²) in [5, 5.41) is 7.93. The van der Waals surface area contributed by atoms with Gasteiger partial charge < -0.3 is 5.32 Å². The molecule has 6 heteroatoms. The van der Waals surface area contributed by atoms with Crippen LogP contribution in [0, 0.1) is 5.41 Å². The zero-order valence-corrected chi connectivity index (χ0v) is 13.1. The molecular weight excluding hydrogens is 276 g/mol. The van der Waals surface area contributed by atoms with Crippen LogP contribution >= 0.6 is 0 Å². The van der Waals surface area contributed by atoms with Gasteiger partial charge in [0.15, 0.2) is 0 Å². The number of amides is 1. The first kappa shape index (κ1) is 16.7. The molecule has 0 unspecified atom stereocenters. The number of rotatable bonds is 4. The van der Waals surface area contributed by atoms with E-state index >= 15 is 0 Å². The number of nitrogens with one attached hydrogen (secondary N) is 1. The standard InChI is InChI=1S/C14H22N2O3S/c1-10(16-13(17)9-14(2,3)4)11-5-7-12(8-6-11)20(15,18)19/h5-8,10H,9H2,1-4H3,(H,16,17)(H2,15,18,19)/t10-/m0/s1. The maximum absolute atomic E-state index is 11.8. The average molecular weight is 298 g/mol. The van der Waals surface area contributed by atoms with Gasteiger partial charge in [-0.2, -0.15) is 0 Å². The van der Waals surface area contributed by atoms with Gasteiger partial charge in [-0.1, -0.05) is 32.9 Å². The summed E-state index contributed by atoms with van der Waals surface area (Å²) in [6.45, 7) is 7.85. The first-order valence-corrected chi connectivity index (χ1v) is 7.96. The lowest BCUT2D eigenvalue weighted by molar-refractivity contribution is -0.123. The van der Waals surface area contributed by atoms with E-state index in [4.69, 9.17) is 5.14 Å². The van der Waals surface area contributed by atoms with Crippen LogP contribution in [0.15, 0.2) is 29.2 Å². The van der Waals surface area contributed by atoms with Crippen molar-refractivity contribution < 1.29 is 13.2 Å². The van der Waals surface area contributed by atoms with E-state index in [0.29, 0.717) is 6.42 Å². The second kappa shape index (κ2) is 5.93. The maximum atomic E-state index is 11.8. The fraction of sp³-hybridized carbons (Fsp3) is 0.500. The molecule has 1 aromatic carbocycles. The van der Waals surface area contributed by atoms with Crippen molar-refractivity contribution in [3.05, 3.63) is 29.8 Å². The monoisotopic (exact) mass is 298 g/mol. The summed E-state index contributed by atoms with van der Waals surface area (Å²) in [5.74, 6) is -0.0273. The number of carbonyl (C=O) groups is 1. The van der Waals surface area contributed by atoms with Crippen molar-refractivity contribution in [3.8, 4) is 0 Å². The molecule has 1 atom stereocenters. The Balaban J connectivity index is 2.74. The van der Waals surface area contributed by atoms with Crippen molar-refractivity contribution in [2.24, 2.45) is 10.6 Å². The summed E-state index contributed by atoms with van der Waals surface area (Å²) in [4.78, 5) is 11.9. The van der Waals surface area contributed by atoms with E-state index in [0.717, 1.165) is 5.56 Å². The van der Waals surface area contributed by atoms with Gasteiger partial charge in [-0.3, -0.25) is 4.79 Å². The molecule has 0 saturated carbocycles. The molecule has 0 bridgehead atoms. The van der Waals surface area contributed by atoms with E-state index in [1.54, 1.807) is 12.1 Å². The van der Waals surface area contributed by atoms with Crippen molar-refractivity contribution >= 4 is 15.9 Å². The molecule has 112 valence electrons. The minimum absolute atomic E-state index is 0.0273. The van der Waals surface area contributed by atoms with E-state index in [9.17, 15) is 13.2 Å². The summed E-state index contributed by atoms with van der Waals surface area (Å²) >= 11 is 0. The fourth-order valence-corrected chi connectivity index (χ4v) is 2.32. The topological polar surface area (TPSA) is 89.3 Å². The Morgan fingerprint density at radius 3 is 2.15 bits per heavy atom. The van der Waals surface area contributed by atoms with Crippen molar-refractivity contribution in [2.45, 2.75) is 45.1 Å². The number of primary sulfonamides is 1. The predicted molar refractivity (Wildman–Crippen MR) is 78.4 cm³/mol. The van der Waals surface area contributed by atoms with Gasteiger partial charge in [-0.25, -0.2) is 13.6 Å². The molecule has 0 radical (unpaired) electrons. The summed E-state index contributed by atoms with van der Waals surface area (Å²) in [6.07, 6.45) is 0.437. The lowest BCUT2D eigenvalue weighted by Gasteiger charge is -2.20. The highest BCUT2D eigenvalue weighted by Crippen LogP contribution is 2.20. The zero-order chi connectivity index (χ0) is 15.6. The molecule has 1 amide bonds. The fourth-order valence-electron chi connectivity index (χ4n) is 1.80. The van der Waals surface area contributed by atoms with Crippen LogP contribution < -0.4 is 10.5 Å². The first-order chi connectivity index (χ1) is 8.99. The van der Waals surface area contributed by atoms with Crippen LogP contribution in [-0.4, -0.2) is 14.3 Å². The summed E-state index contributed by atoms with van der Waals surface area (Å²) < 4.78 is 22.3. The lowest BCUT2D eigenvalue weighted by Crippen LogP contribution is -2.29. The molecule has 0 aliphatic rings. The predicted octanol–water partition coefficient (Wildman–Crippen LogP) is 1.95. The van der Waals surface area contributed by atoms with Crippen LogP contribution in [0.25, 0.3) is 0 Å². The van der Waals surface area contributed by atoms with Crippen molar-refractivity contribution in [1.82, 2.24) is 5.32 Å². The highest BCUT2D eigenvalue weighted by atomic mass is 32.2. The minimum Gasteiger partial charge on any atom is -0.350 e. The van der Waals surface area contributed by atoms with E-state index in [2.05, 4.69) is 5.32 Å². The Bertz CT molecular complexity index is 571. The Labute approximate surface area is 120 Å². The molecule has 0 spiro atoms. The van der Waals surface area contributed by atoms with Crippen LogP contribution in [0.1, 0.15) is 45.7 Å². The molecule has 0 aliphatic heterocycles. The van der Waals surface area contributed by atoms with Crippen molar-refractivity contribution in [1.29, 1.82) is 0 Å². The quantitative estimate of drug-likeness (QED) is 0.890. The highest BCUT2D eigenvalue weighted by Gasteiger charge is 2.18. The van der Waals surface area contributed by atoms with Gasteiger partial charge in [0.25, 0.3) is 0 Å². The smallest absolute Gasteiger partial charge is 0.238 e. The second-order valence-corrected chi connectivity index (χ2v) is 7.70. The van der Waals surface area contributed by atoms with Crippen LogP contribution in [0.2, 0.25) is 0 Å². The maximum Gasteiger partial charge on any atom is 0.238 e. The molecule has 0 aliphatic carbocycles. The minimum atomic E-state index is -3.68. The van der Waals surface area contributed by atoms with Crippen LogP contribution in [-0.2, 0) is 14.8 Å². The summed E-state index contributed by atoms with van der Waals surface area (Å²) in [7, 11) is -3.68. The Hall–Kier alpha value is -1.40. The van der Waals surface area contributed by atoms with Gasteiger partial charge in [0.05, 0.1) is 10.9 Å². The number of benzene rings is 1. The number of nitrogens with two attached hydrogens (primary N) is 1. The molecular formula is C14H22N2O3S. The van der Waals surface area contributed by atoms with Gasteiger partial charge in [-0.15, -0.1) is 0 Å².